The number of para-hydroxylation sites is 1. The minimum atomic E-state index is 0.362. The van der Waals surface area contributed by atoms with E-state index in [4.69, 9.17) is 4.74 Å². The molecule has 3 heteroatoms. The zero-order valence-corrected chi connectivity index (χ0v) is 12.3. The molecule has 0 bridgehead atoms. The topological polar surface area (TPSA) is 25.4 Å². The van der Waals surface area contributed by atoms with Gasteiger partial charge in [-0.3, -0.25) is 4.98 Å². The van der Waals surface area contributed by atoms with Crippen molar-refractivity contribution in [3.05, 3.63) is 36.0 Å². The maximum Gasteiger partial charge on any atom is 0.0749 e. The van der Waals surface area contributed by atoms with Crippen LogP contribution >= 0.6 is 0 Å². The van der Waals surface area contributed by atoms with Crippen molar-refractivity contribution in [1.29, 1.82) is 0 Å². The SMILES string of the molecule is Cc1cc(N(C)CC2CCCCO2)c2ccccc2n1. The standard InChI is InChI=1S/C17H22N2O/c1-13-11-17(15-8-3-4-9-16(15)18-13)19(2)12-14-7-5-6-10-20-14/h3-4,8-9,11,14H,5-7,10,12H2,1-2H3. The van der Waals surface area contributed by atoms with Crippen molar-refractivity contribution in [2.45, 2.75) is 32.3 Å². The summed E-state index contributed by atoms with van der Waals surface area (Å²) >= 11 is 0. The Kier molecular flexibility index (Phi) is 3.88. The van der Waals surface area contributed by atoms with Gasteiger partial charge in [-0.25, -0.2) is 0 Å². The molecule has 0 saturated carbocycles. The fourth-order valence-corrected chi connectivity index (χ4v) is 2.96. The molecule has 2 aromatic rings. The summed E-state index contributed by atoms with van der Waals surface area (Å²) in [4.78, 5) is 6.92. The smallest absolute Gasteiger partial charge is 0.0749 e. The fraction of sp³-hybridized carbons (Fsp3) is 0.471. The van der Waals surface area contributed by atoms with E-state index < -0.39 is 0 Å². The molecular formula is C17H22N2O. The number of aryl methyl sites for hydroxylation is 1. The van der Waals surface area contributed by atoms with Crippen LogP contribution < -0.4 is 4.90 Å². The first-order chi connectivity index (χ1) is 9.74. The molecule has 1 unspecified atom stereocenters. The van der Waals surface area contributed by atoms with Gasteiger partial charge in [0, 0.05) is 37.0 Å². The summed E-state index contributed by atoms with van der Waals surface area (Å²) in [5.41, 5.74) is 3.39. The van der Waals surface area contributed by atoms with Gasteiger partial charge in [-0.05, 0) is 38.3 Å². The van der Waals surface area contributed by atoms with Crippen LogP contribution in [-0.2, 0) is 4.74 Å². The third kappa shape index (κ3) is 2.78. The van der Waals surface area contributed by atoms with Crippen LogP contribution in [0, 0.1) is 6.92 Å². The summed E-state index contributed by atoms with van der Waals surface area (Å²) in [6.07, 6.45) is 4.03. The molecule has 0 radical (unpaired) electrons. The van der Waals surface area contributed by atoms with Crippen LogP contribution in [-0.4, -0.2) is 31.3 Å². The monoisotopic (exact) mass is 270 g/mol. The molecule has 1 saturated heterocycles. The van der Waals surface area contributed by atoms with E-state index in [-0.39, 0.29) is 0 Å². The fourth-order valence-electron chi connectivity index (χ4n) is 2.96. The Morgan fingerprint density at radius 2 is 2.15 bits per heavy atom. The summed E-state index contributed by atoms with van der Waals surface area (Å²) in [6.45, 7) is 3.92. The minimum absolute atomic E-state index is 0.362. The molecule has 0 spiro atoms. The summed E-state index contributed by atoms with van der Waals surface area (Å²) < 4.78 is 5.86. The van der Waals surface area contributed by atoms with Crippen LogP contribution in [0.15, 0.2) is 30.3 Å². The molecule has 0 N–H and O–H groups in total. The number of anilines is 1. The van der Waals surface area contributed by atoms with Crippen LogP contribution in [0.3, 0.4) is 0 Å². The lowest BCUT2D eigenvalue weighted by atomic mass is 10.1. The highest BCUT2D eigenvalue weighted by molar-refractivity contribution is 5.91. The van der Waals surface area contributed by atoms with Crippen LogP contribution in [0.5, 0.6) is 0 Å². The van der Waals surface area contributed by atoms with Crippen LogP contribution in [0.4, 0.5) is 5.69 Å². The Bertz CT molecular complexity index is 591. The summed E-state index contributed by atoms with van der Waals surface area (Å²) in [7, 11) is 2.15. The Labute approximate surface area is 120 Å². The molecule has 1 fully saturated rings. The Balaban J connectivity index is 1.88. The van der Waals surface area contributed by atoms with Gasteiger partial charge in [0.25, 0.3) is 0 Å². The molecule has 3 rings (SSSR count). The molecule has 1 atom stereocenters. The van der Waals surface area contributed by atoms with E-state index in [1.807, 2.05) is 6.07 Å². The van der Waals surface area contributed by atoms with Gasteiger partial charge in [-0.15, -0.1) is 0 Å². The minimum Gasteiger partial charge on any atom is -0.376 e. The average Bonchev–Trinajstić information content (AvgIpc) is 2.47. The highest BCUT2D eigenvalue weighted by Gasteiger charge is 2.17. The molecule has 1 aromatic heterocycles. The van der Waals surface area contributed by atoms with Gasteiger partial charge in [0.1, 0.15) is 0 Å². The first-order valence-corrected chi connectivity index (χ1v) is 7.43. The molecule has 0 aliphatic carbocycles. The Morgan fingerprint density at radius 1 is 1.30 bits per heavy atom. The number of benzene rings is 1. The van der Waals surface area contributed by atoms with Crippen molar-refractivity contribution in [3.63, 3.8) is 0 Å². The van der Waals surface area contributed by atoms with Gasteiger partial charge in [0.05, 0.1) is 11.6 Å². The first kappa shape index (κ1) is 13.4. The van der Waals surface area contributed by atoms with Crippen molar-refractivity contribution in [2.75, 3.05) is 25.1 Å². The van der Waals surface area contributed by atoms with E-state index in [1.54, 1.807) is 0 Å². The second-order valence-electron chi connectivity index (χ2n) is 5.67. The quantitative estimate of drug-likeness (QED) is 0.853. The molecule has 1 aliphatic heterocycles. The van der Waals surface area contributed by atoms with E-state index in [0.29, 0.717) is 6.10 Å². The predicted octanol–water partition coefficient (Wildman–Crippen LogP) is 3.55. The first-order valence-electron chi connectivity index (χ1n) is 7.43. The number of rotatable bonds is 3. The lowest BCUT2D eigenvalue weighted by Crippen LogP contribution is -2.33. The Morgan fingerprint density at radius 3 is 2.95 bits per heavy atom. The van der Waals surface area contributed by atoms with E-state index in [9.17, 15) is 0 Å². The lowest BCUT2D eigenvalue weighted by molar-refractivity contribution is 0.0216. The number of hydrogen-bond acceptors (Lipinski definition) is 3. The number of hydrogen-bond donors (Lipinski definition) is 0. The maximum absolute atomic E-state index is 5.86. The number of nitrogens with zero attached hydrogens (tertiary/aromatic N) is 2. The van der Waals surface area contributed by atoms with Crippen molar-refractivity contribution < 1.29 is 4.74 Å². The van der Waals surface area contributed by atoms with Gasteiger partial charge < -0.3 is 9.64 Å². The molecule has 106 valence electrons. The van der Waals surface area contributed by atoms with Gasteiger partial charge in [-0.2, -0.15) is 0 Å². The van der Waals surface area contributed by atoms with Crippen molar-refractivity contribution in [2.24, 2.45) is 0 Å². The van der Waals surface area contributed by atoms with Gasteiger partial charge >= 0.3 is 0 Å². The van der Waals surface area contributed by atoms with Gasteiger partial charge in [0.15, 0.2) is 0 Å². The molecule has 20 heavy (non-hydrogen) atoms. The maximum atomic E-state index is 5.86. The van der Waals surface area contributed by atoms with Crippen LogP contribution in [0.25, 0.3) is 10.9 Å². The molecule has 1 aromatic carbocycles. The number of ether oxygens (including phenoxy) is 1. The van der Waals surface area contributed by atoms with Crippen molar-refractivity contribution in [1.82, 2.24) is 4.98 Å². The molecule has 0 amide bonds. The normalized spacial score (nSPS) is 19.2. The van der Waals surface area contributed by atoms with E-state index in [0.717, 1.165) is 24.4 Å². The predicted molar refractivity (Wildman–Crippen MR) is 83.3 cm³/mol. The lowest BCUT2D eigenvalue weighted by Gasteiger charge is -2.29. The third-order valence-corrected chi connectivity index (χ3v) is 3.99. The van der Waals surface area contributed by atoms with Gasteiger partial charge in [-0.1, -0.05) is 18.2 Å². The second-order valence-corrected chi connectivity index (χ2v) is 5.67. The van der Waals surface area contributed by atoms with Crippen LogP contribution in [0.2, 0.25) is 0 Å². The number of fused-ring (bicyclic) bond motifs is 1. The average molecular weight is 270 g/mol. The van der Waals surface area contributed by atoms with E-state index >= 15 is 0 Å². The largest absolute Gasteiger partial charge is 0.376 e. The number of aromatic nitrogens is 1. The summed E-state index contributed by atoms with van der Waals surface area (Å²) in [5.74, 6) is 0. The van der Waals surface area contributed by atoms with E-state index in [2.05, 4.69) is 48.1 Å². The zero-order valence-electron chi connectivity index (χ0n) is 12.3. The second kappa shape index (κ2) is 5.80. The van der Waals surface area contributed by atoms with Crippen LogP contribution in [0.1, 0.15) is 25.0 Å². The number of pyridine rings is 1. The van der Waals surface area contributed by atoms with E-state index in [1.165, 1.54) is 30.3 Å². The zero-order chi connectivity index (χ0) is 13.9. The highest BCUT2D eigenvalue weighted by Crippen LogP contribution is 2.27. The van der Waals surface area contributed by atoms with Gasteiger partial charge in [0.2, 0.25) is 0 Å². The highest BCUT2D eigenvalue weighted by atomic mass is 16.5. The van der Waals surface area contributed by atoms with Crippen molar-refractivity contribution in [3.8, 4) is 0 Å². The van der Waals surface area contributed by atoms with Crippen molar-refractivity contribution >= 4 is 16.6 Å². The Hall–Kier alpha value is -1.61. The summed E-state index contributed by atoms with van der Waals surface area (Å²) in [6, 6.07) is 10.5. The third-order valence-electron chi connectivity index (χ3n) is 3.99. The molecule has 3 nitrogen and oxygen atoms in total. The molecule has 1 aliphatic rings. The summed E-state index contributed by atoms with van der Waals surface area (Å²) in [5, 5.41) is 1.22. The number of likely N-dealkylation sites (N-methyl/N-ethyl adjacent to an activating group) is 1. The molecular weight excluding hydrogens is 248 g/mol. The molecule has 2 heterocycles.